The Balaban J connectivity index is 2.74. The minimum Gasteiger partial charge on any atom is -0.584 e. The number of benzene rings is 1. The number of para-hydroxylation sites is 1. The Labute approximate surface area is 117 Å². The lowest BCUT2D eigenvalue weighted by molar-refractivity contribution is 0.134. The van der Waals surface area contributed by atoms with Gasteiger partial charge in [-0.2, -0.15) is 0 Å². The maximum atomic E-state index is 4.40. The van der Waals surface area contributed by atoms with Gasteiger partial charge in [0.1, 0.15) is 0 Å². The standard InChI is InChI=1S/C8H9O.2C4H9.Al/c1-7-5-3-4-6-8(7)9-2;2*1-4(2)3;/h3-6H,1H2,2H3;2*4H,1H2,2-3H3;/p+1. The van der Waals surface area contributed by atoms with Crippen LogP contribution in [0.1, 0.15) is 33.3 Å². The fourth-order valence-electron chi connectivity index (χ4n) is 2.81. The van der Waals surface area contributed by atoms with Crippen LogP contribution in [0.4, 0.5) is 0 Å². The van der Waals surface area contributed by atoms with Gasteiger partial charge in [-0.15, -0.1) is 0 Å². The molecule has 1 rings (SSSR count). The summed E-state index contributed by atoms with van der Waals surface area (Å²) in [5, 5.41) is 4.22. The van der Waals surface area contributed by atoms with Gasteiger partial charge in [-0.05, 0) is 0 Å². The summed E-state index contributed by atoms with van der Waals surface area (Å²) in [6.07, 6.45) is 0. The molecule has 0 amide bonds. The van der Waals surface area contributed by atoms with E-state index in [0.29, 0.717) is 0 Å². The van der Waals surface area contributed by atoms with Gasteiger partial charge < -0.3 is 4.74 Å². The number of aliphatic hydroxyl groups is 1. The van der Waals surface area contributed by atoms with Crippen LogP contribution >= 0.6 is 0 Å². The van der Waals surface area contributed by atoms with Gasteiger partial charge >= 0.3 is 0 Å². The van der Waals surface area contributed by atoms with E-state index in [2.05, 4.69) is 56.7 Å². The van der Waals surface area contributed by atoms with Crippen molar-refractivity contribution in [3.05, 3.63) is 29.8 Å². The van der Waals surface area contributed by atoms with Gasteiger partial charge in [0, 0.05) is 11.6 Å². The van der Waals surface area contributed by atoms with Gasteiger partial charge in [0.2, 0.25) is 0 Å². The average molecular weight is 263 g/mol. The van der Waals surface area contributed by atoms with Crippen LogP contribution in [0.3, 0.4) is 0 Å². The van der Waals surface area contributed by atoms with Crippen molar-refractivity contribution < 1.29 is 4.74 Å². The number of hydrogen-bond acceptors (Lipinski definition) is 0. The molecule has 1 aromatic rings. The third kappa shape index (κ3) is 5.46. The van der Waals surface area contributed by atoms with Crippen LogP contribution in [0.5, 0.6) is 5.75 Å². The summed E-state index contributed by atoms with van der Waals surface area (Å²) in [4.78, 5) is 0. The molecule has 18 heavy (non-hydrogen) atoms. The fraction of sp³-hybridized carbons (Fsp3) is 0.625. The molecule has 0 unspecified atom stereocenters. The molecule has 0 aromatic heterocycles. The zero-order valence-corrected chi connectivity index (χ0v) is 13.8. The van der Waals surface area contributed by atoms with Crippen molar-refractivity contribution in [3.8, 4) is 5.75 Å². The highest BCUT2D eigenvalue weighted by Gasteiger charge is 2.22. The van der Waals surface area contributed by atoms with Crippen LogP contribution in [0.2, 0.25) is 10.6 Å². The second-order valence-electron chi connectivity index (χ2n) is 6.18. The van der Waals surface area contributed by atoms with Gasteiger partial charge in [-0.25, -0.2) is 0 Å². The van der Waals surface area contributed by atoms with Crippen molar-refractivity contribution in [1.82, 2.24) is 0 Å². The van der Waals surface area contributed by atoms with E-state index >= 15 is 0 Å². The van der Waals surface area contributed by atoms with Crippen molar-refractivity contribution in [2.24, 2.45) is 11.8 Å². The zero-order chi connectivity index (χ0) is 13.5. The fourth-order valence-corrected chi connectivity index (χ4v) is 6.97. The van der Waals surface area contributed by atoms with Gasteiger partial charge in [-0.3, -0.25) is 0 Å². The predicted molar refractivity (Wildman–Crippen MR) is 82.8 cm³/mol. The highest BCUT2D eigenvalue weighted by Crippen LogP contribution is 2.24. The van der Waals surface area contributed by atoms with E-state index in [1.807, 2.05) is 7.11 Å². The van der Waals surface area contributed by atoms with Gasteiger partial charge in [0.25, 0.3) is 19.9 Å². The van der Waals surface area contributed by atoms with Crippen molar-refractivity contribution in [3.63, 3.8) is 0 Å². The summed E-state index contributed by atoms with van der Waals surface area (Å²) in [5.41, 5.74) is 1.47. The Morgan fingerprint density at radius 3 is 2.06 bits per heavy atom. The Morgan fingerprint density at radius 1 is 1.00 bits per heavy atom. The highest BCUT2D eigenvalue weighted by molar-refractivity contribution is 6.58. The first kappa shape index (κ1) is 15.6. The Bertz CT molecular complexity index is 337. The molecule has 0 aliphatic carbocycles. The Kier molecular flexibility index (Phi) is 6.83. The molecule has 0 aliphatic rings. The van der Waals surface area contributed by atoms with E-state index in [9.17, 15) is 0 Å². The van der Waals surface area contributed by atoms with E-state index in [1.165, 1.54) is 27.2 Å². The molecule has 0 aliphatic heterocycles. The molecule has 0 radical (unpaired) electrons. The summed E-state index contributed by atoms with van der Waals surface area (Å²) in [7, 11) is 1.90. The first-order chi connectivity index (χ1) is 8.52. The third-order valence-electron chi connectivity index (χ3n) is 3.35. The topological polar surface area (TPSA) is 12.8 Å². The normalized spacial score (nSPS) is 11.1. The van der Waals surface area contributed by atoms with Crippen LogP contribution in [-0.4, -0.2) is 26.0 Å². The lowest BCUT2D eigenvalue weighted by Gasteiger charge is -2.16. The second kappa shape index (κ2) is 7.87. The summed E-state index contributed by atoms with van der Waals surface area (Å²) in [6.45, 7) is 9.43. The van der Waals surface area contributed by atoms with Crippen LogP contribution in [0.25, 0.3) is 0 Å². The maximum Gasteiger partial charge on any atom is 0.268 e. The summed E-state index contributed by atoms with van der Waals surface area (Å²) < 4.78 is 4.40. The largest absolute Gasteiger partial charge is 0.584 e. The molecular formula is C16H28AlO+. The van der Waals surface area contributed by atoms with Crippen molar-refractivity contribution in [1.29, 1.82) is 0 Å². The van der Waals surface area contributed by atoms with Crippen LogP contribution in [0, 0.1) is 11.8 Å². The third-order valence-corrected chi connectivity index (χ3v) is 7.59. The van der Waals surface area contributed by atoms with Gasteiger partial charge in [0.05, 0.1) is 0 Å². The van der Waals surface area contributed by atoms with E-state index in [1.54, 1.807) is 0 Å². The molecule has 1 N–H and O–H groups in total. The monoisotopic (exact) mass is 263 g/mol. The van der Waals surface area contributed by atoms with Crippen molar-refractivity contribution >= 4 is 14.1 Å². The smallest absolute Gasteiger partial charge is 0.268 e. The Morgan fingerprint density at radius 2 is 1.56 bits per heavy atom. The van der Waals surface area contributed by atoms with Gasteiger partial charge in [0.15, 0.2) is 7.11 Å². The quantitative estimate of drug-likeness (QED) is 0.509. The molecular weight excluding hydrogens is 235 g/mol. The number of ether oxygens (including phenoxy) is 1. The number of aromatic hydroxyl groups is 1. The molecule has 0 bridgehead atoms. The van der Waals surface area contributed by atoms with E-state index in [0.717, 1.165) is 11.8 Å². The molecule has 0 fully saturated rings. The molecule has 2 heteroatoms. The van der Waals surface area contributed by atoms with Crippen molar-refractivity contribution in [2.75, 3.05) is 7.11 Å². The average Bonchev–Trinajstić information content (AvgIpc) is 2.27. The highest BCUT2D eigenvalue weighted by atomic mass is 27.2. The second-order valence-corrected chi connectivity index (χ2v) is 9.26. The SMILES string of the molecule is C[OH+]c1ccccc1[CH2][Al]([CH2]C(C)C)[CH2]C(C)C. The van der Waals surface area contributed by atoms with Gasteiger partial charge in [-0.1, -0.05) is 73.6 Å². The predicted octanol–water partition coefficient (Wildman–Crippen LogP) is 4.45. The van der Waals surface area contributed by atoms with Crippen LogP contribution in [0.15, 0.2) is 24.3 Å². The molecule has 0 saturated heterocycles. The lowest BCUT2D eigenvalue weighted by atomic mass is 10.2. The lowest BCUT2D eigenvalue weighted by Crippen LogP contribution is -2.21. The molecule has 1 nitrogen and oxygen atoms in total. The summed E-state index contributed by atoms with van der Waals surface area (Å²) >= 11 is -0.678. The molecule has 0 heterocycles. The summed E-state index contributed by atoms with van der Waals surface area (Å²) in [6, 6.07) is 8.65. The Hall–Kier alpha value is -0.448. The van der Waals surface area contributed by atoms with E-state index in [-0.39, 0.29) is 0 Å². The van der Waals surface area contributed by atoms with Crippen LogP contribution in [-0.2, 0) is 5.28 Å². The molecule has 0 spiro atoms. The zero-order valence-electron chi connectivity index (χ0n) is 12.6. The first-order valence-corrected chi connectivity index (χ1v) is 9.65. The minimum absolute atomic E-state index is 0.678. The van der Waals surface area contributed by atoms with E-state index < -0.39 is 14.1 Å². The molecule has 0 atom stereocenters. The van der Waals surface area contributed by atoms with E-state index in [4.69, 9.17) is 0 Å². The first-order valence-electron chi connectivity index (χ1n) is 7.20. The molecule has 0 saturated carbocycles. The van der Waals surface area contributed by atoms with Crippen LogP contribution < -0.4 is 0 Å². The summed E-state index contributed by atoms with van der Waals surface area (Å²) in [5.74, 6) is 2.87. The number of rotatable bonds is 7. The molecule has 100 valence electrons. The number of hydrogen-bond donors (Lipinski definition) is 0. The maximum absolute atomic E-state index is 4.40. The minimum atomic E-state index is -0.678. The molecule has 1 aromatic carbocycles. The van der Waals surface area contributed by atoms with Crippen molar-refractivity contribution in [2.45, 2.75) is 43.5 Å².